The number of amides is 1. The Labute approximate surface area is 90.6 Å². The summed E-state index contributed by atoms with van der Waals surface area (Å²) in [5, 5.41) is 0.189. The molecule has 0 N–H and O–H groups in total. The van der Waals surface area contributed by atoms with Crippen LogP contribution in [0.5, 0.6) is 0 Å². The predicted octanol–water partition coefficient (Wildman–Crippen LogP) is 2.41. The Morgan fingerprint density at radius 3 is 2.50 bits per heavy atom. The van der Waals surface area contributed by atoms with Gasteiger partial charge >= 0.3 is 0 Å². The summed E-state index contributed by atoms with van der Waals surface area (Å²) in [5.74, 6) is 0.685. The summed E-state index contributed by atoms with van der Waals surface area (Å²) >= 11 is 6.07. The fraction of sp³-hybridized carbons (Fsp3) is 0.909. The molecule has 1 atom stereocenters. The molecule has 80 valence electrons. The van der Waals surface area contributed by atoms with E-state index in [0.29, 0.717) is 11.8 Å². The number of piperidine rings is 1. The van der Waals surface area contributed by atoms with Crippen LogP contribution in [-0.2, 0) is 4.79 Å². The number of halogens is 1. The number of alkyl halides is 1. The molecule has 1 unspecified atom stereocenters. The van der Waals surface area contributed by atoms with Crippen molar-refractivity contribution in [1.82, 2.24) is 4.90 Å². The summed E-state index contributed by atoms with van der Waals surface area (Å²) < 4.78 is 0. The first kappa shape index (κ1) is 10.3. The Hall–Kier alpha value is -0.240. The van der Waals surface area contributed by atoms with Gasteiger partial charge in [-0.2, -0.15) is 0 Å². The number of carbonyl (C=O) groups excluding carboxylic acids is 1. The van der Waals surface area contributed by atoms with Crippen LogP contribution in [0.2, 0.25) is 0 Å². The van der Waals surface area contributed by atoms with E-state index in [2.05, 4.69) is 0 Å². The van der Waals surface area contributed by atoms with E-state index in [0.717, 1.165) is 38.8 Å². The van der Waals surface area contributed by atoms with E-state index in [4.69, 9.17) is 11.6 Å². The molecule has 2 rings (SSSR count). The topological polar surface area (TPSA) is 20.3 Å². The molecule has 0 spiro atoms. The molecule has 0 aromatic heterocycles. The highest BCUT2D eigenvalue weighted by atomic mass is 35.5. The number of rotatable bonds is 1. The maximum atomic E-state index is 12.0. The molecule has 1 heterocycles. The largest absolute Gasteiger partial charge is 0.341 e. The van der Waals surface area contributed by atoms with Gasteiger partial charge in [0.2, 0.25) is 5.91 Å². The van der Waals surface area contributed by atoms with Crippen molar-refractivity contribution in [3.8, 4) is 0 Å². The molecule has 1 saturated carbocycles. The van der Waals surface area contributed by atoms with E-state index in [9.17, 15) is 4.79 Å². The Balaban J connectivity index is 1.89. The molecule has 1 aliphatic heterocycles. The van der Waals surface area contributed by atoms with Crippen molar-refractivity contribution in [3.05, 3.63) is 0 Å². The molecule has 1 amide bonds. The average molecular weight is 216 g/mol. The number of hydrogen-bond acceptors (Lipinski definition) is 1. The van der Waals surface area contributed by atoms with E-state index in [-0.39, 0.29) is 5.38 Å². The fourth-order valence-corrected chi connectivity index (χ4v) is 2.88. The van der Waals surface area contributed by atoms with E-state index in [1.165, 1.54) is 12.8 Å². The minimum Gasteiger partial charge on any atom is -0.341 e. The highest BCUT2D eigenvalue weighted by Gasteiger charge is 2.29. The Morgan fingerprint density at radius 1 is 1.14 bits per heavy atom. The van der Waals surface area contributed by atoms with Crippen molar-refractivity contribution in [2.45, 2.75) is 43.9 Å². The van der Waals surface area contributed by atoms with Crippen LogP contribution in [0.4, 0.5) is 0 Å². The summed E-state index contributed by atoms with van der Waals surface area (Å²) in [4.78, 5) is 14.0. The summed E-state index contributed by atoms with van der Waals surface area (Å²) in [5.41, 5.74) is 0. The lowest BCUT2D eigenvalue weighted by atomic mass is 10.0. The summed E-state index contributed by atoms with van der Waals surface area (Å²) in [7, 11) is 0. The van der Waals surface area contributed by atoms with Gasteiger partial charge in [0.15, 0.2) is 0 Å². The molecule has 3 heteroatoms. The third-order valence-electron chi connectivity index (χ3n) is 3.38. The van der Waals surface area contributed by atoms with Crippen LogP contribution < -0.4 is 0 Å². The maximum absolute atomic E-state index is 12.0. The SMILES string of the molecule is O=C(C1CCCC1)N1CCCC(Cl)C1. The smallest absolute Gasteiger partial charge is 0.225 e. The number of hydrogen-bond donors (Lipinski definition) is 0. The first-order chi connectivity index (χ1) is 6.77. The van der Waals surface area contributed by atoms with Gasteiger partial charge in [-0.1, -0.05) is 12.8 Å². The average Bonchev–Trinajstić information content (AvgIpc) is 2.69. The minimum atomic E-state index is 0.189. The Bertz CT molecular complexity index is 213. The summed E-state index contributed by atoms with van der Waals surface area (Å²) in [6, 6.07) is 0. The van der Waals surface area contributed by atoms with Gasteiger partial charge in [0.1, 0.15) is 0 Å². The van der Waals surface area contributed by atoms with E-state index >= 15 is 0 Å². The second-order valence-corrected chi connectivity index (χ2v) is 5.12. The Morgan fingerprint density at radius 2 is 1.86 bits per heavy atom. The third-order valence-corrected chi connectivity index (χ3v) is 3.74. The lowest BCUT2D eigenvalue weighted by molar-refractivity contribution is -0.136. The molecule has 0 bridgehead atoms. The lowest BCUT2D eigenvalue weighted by Crippen LogP contribution is -2.42. The summed E-state index contributed by atoms with van der Waals surface area (Å²) in [6.07, 6.45) is 6.80. The van der Waals surface area contributed by atoms with Gasteiger partial charge in [-0.15, -0.1) is 11.6 Å². The van der Waals surface area contributed by atoms with Gasteiger partial charge in [0.25, 0.3) is 0 Å². The first-order valence-electron chi connectivity index (χ1n) is 5.70. The molecule has 14 heavy (non-hydrogen) atoms. The zero-order valence-corrected chi connectivity index (χ0v) is 9.30. The van der Waals surface area contributed by atoms with Crippen LogP contribution in [0.3, 0.4) is 0 Å². The lowest BCUT2D eigenvalue weighted by Gasteiger charge is -2.31. The number of likely N-dealkylation sites (tertiary alicyclic amines) is 1. The molecule has 2 aliphatic rings. The first-order valence-corrected chi connectivity index (χ1v) is 6.14. The number of nitrogens with zero attached hydrogens (tertiary/aromatic N) is 1. The highest BCUT2D eigenvalue weighted by Crippen LogP contribution is 2.28. The molecule has 0 aromatic rings. The van der Waals surface area contributed by atoms with Crippen LogP contribution >= 0.6 is 11.6 Å². The molecule has 2 fully saturated rings. The van der Waals surface area contributed by atoms with Gasteiger partial charge in [0, 0.05) is 19.0 Å². The second-order valence-electron chi connectivity index (χ2n) is 4.51. The molecular formula is C11H18ClNO. The third kappa shape index (κ3) is 2.22. The van der Waals surface area contributed by atoms with Gasteiger partial charge in [0.05, 0.1) is 5.38 Å². The monoisotopic (exact) mass is 215 g/mol. The molecule has 1 aliphatic carbocycles. The van der Waals surface area contributed by atoms with Crippen LogP contribution in [0, 0.1) is 5.92 Å². The zero-order chi connectivity index (χ0) is 9.97. The van der Waals surface area contributed by atoms with Crippen LogP contribution in [0.25, 0.3) is 0 Å². The molecule has 0 aromatic carbocycles. The van der Waals surface area contributed by atoms with Gasteiger partial charge in [-0.3, -0.25) is 4.79 Å². The molecule has 2 nitrogen and oxygen atoms in total. The van der Waals surface area contributed by atoms with E-state index in [1.807, 2.05) is 4.90 Å². The minimum absolute atomic E-state index is 0.189. The second kappa shape index (κ2) is 4.52. The van der Waals surface area contributed by atoms with Crippen molar-refractivity contribution in [3.63, 3.8) is 0 Å². The molecule has 0 radical (unpaired) electrons. The summed E-state index contributed by atoms with van der Waals surface area (Å²) in [6.45, 7) is 1.70. The standard InChI is InChI=1S/C11H18ClNO/c12-10-6-3-7-13(8-10)11(14)9-4-1-2-5-9/h9-10H,1-8H2. The van der Waals surface area contributed by atoms with E-state index in [1.54, 1.807) is 0 Å². The fourth-order valence-electron chi connectivity index (χ4n) is 2.56. The van der Waals surface area contributed by atoms with Crippen LogP contribution in [0.15, 0.2) is 0 Å². The predicted molar refractivity (Wildman–Crippen MR) is 57.4 cm³/mol. The normalized spacial score (nSPS) is 29.5. The van der Waals surface area contributed by atoms with Crippen molar-refractivity contribution in [1.29, 1.82) is 0 Å². The zero-order valence-electron chi connectivity index (χ0n) is 8.54. The van der Waals surface area contributed by atoms with Crippen molar-refractivity contribution in [2.24, 2.45) is 5.92 Å². The van der Waals surface area contributed by atoms with Crippen LogP contribution in [0.1, 0.15) is 38.5 Å². The number of carbonyl (C=O) groups is 1. The van der Waals surface area contributed by atoms with Crippen molar-refractivity contribution in [2.75, 3.05) is 13.1 Å². The van der Waals surface area contributed by atoms with Gasteiger partial charge in [-0.05, 0) is 25.7 Å². The highest BCUT2D eigenvalue weighted by molar-refractivity contribution is 6.20. The van der Waals surface area contributed by atoms with Crippen molar-refractivity contribution >= 4 is 17.5 Å². The molecular weight excluding hydrogens is 198 g/mol. The quantitative estimate of drug-likeness (QED) is 0.616. The van der Waals surface area contributed by atoms with Gasteiger partial charge in [-0.25, -0.2) is 0 Å². The van der Waals surface area contributed by atoms with E-state index < -0.39 is 0 Å². The van der Waals surface area contributed by atoms with Crippen molar-refractivity contribution < 1.29 is 4.79 Å². The van der Waals surface area contributed by atoms with Crippen LogP contribution in [-0.4, -0.2) is 29.3 Å². The maximum Gasteiger partial charge on any atom is 0.225 e. The molecule has 1 saturated heterocycles. The Kier molecular flexibility index (Phi) is 3.32. The van der Waals surface area contributed by atoms with Gasteiger partial charge < -0.3 is 4.90 Å².